The molecule has 2 amide bonds. The molecule has 0 spiro atoms. The van der Waals surface area contributed by atoms with Gasteiger partial charge in [0.15, 0.2) is 11.5 Å². The zero-order valence-corrected chi connectivity index (χ0v) is 16.1. The van der Waals surface area contributed by atoms with Crippen molar-refractivity contribution in [3.63, 3.8) is 0 Å². The van der Waals surface area contributed by atoms with Crippen molar-refractivity contribution in [2.75, 3.05) is 13.2 Å². The second kappa shape index (κ2) is 10.9. The van der Waals surface area contributed by atoms with Gasteiger partial charge < -0.3 is 9.47 Å². The van der Waals surface area contributed by atoms with Gasteiger partial charge in [-0.15, -0.1) is 0 Å². The highest BCUT2D eigenvalue weighted by Crippen LogP contribution is 2.28. The van der Waals surface area contributed by atoms with Crippen LogP contribution in [0.15, 0.2) is 42.5 Å². The fraction of sp³-hybridized carbons (Fsp3) is 0.333. The minimum absolute atomic E-state index is 0.0228. The molecule has 0 saturated heterocycles. The molecular formula is C21H25FN2O4. The van der Waals surface area contributed by atoms with Crippen molar-refractivity contribution in [3.8, 4) is 11.5 Å². The predicted octanol–water partition coefficient (Wildman–Crippen LogP) is 3.41. The third-order valence-corrected chi connectivity index (χ3v) is 3.85. The van der Waals surface area contributed by atoms with Crippen LogP contribution in [0.3, 0.4) is 0 Å². The number of unbranched alkanes of at least 4 members (excludes halogenated alkanes) is 1. The molecule has 0 aromatic heterocycles. The van der Waals surface area contributed by atoms with E-state index in [0.717, 1.165) is 12.8 Å². The number of benzene rings is 2. The van der Waals surface area contributed by atoms with Crippen LogP contribution < -0.4 is 20.3 Å². The standard InChI is InChI=1S/C21H25FN2O4/c1-3-5-12-28-18-11-8-16(14-19(18)27-4-2)21(26)24-23-20(25)13-15-6-9-17(22)10-7-15/h6-11,14H,3-5,12-13H2,1-2H3,(H,23,25)(H,24,26). The molecule has 150 valence electrons. The van der Waals surface area contributed by atoms with Gasteiger partial charge in [-0.2, -0.15) is 0 Å². The van der Waals surface area contributed by atoms with Crippen LogP contribution in [0, 0.1) is 5.82 Å². The Kier molecular flexibility index (Phi) is 8.27. The van der Waals surface area contributed by atoms with E-state index in [-0.39, 0.29) is 12.2 Å². The predicted molar refractivity (Wildman–Crippen MR) is 104 cm³/mol. The van der Waals surface area contributed by atoms with E-state index in [2.05, 4.69) is 17.8 Å². The number of nitrogens with one attached hydrogen (secondary N) is 2. The van der Waals surface area contributed by atoms with Gasteiger partial charge in [-0.05, 0) is 49.2 Å². The summed E-state index contributed by atoms with van der Waals surface area (Å²) < 4.78 is 24.1. The van der Waals surface area contributed by atoms with Crippen molar-refractivity contribution in [3.05, 3.63) is 59.4 Å². The number of carbonyl (C=O) groups is 2. The van der Waals surface area contributed by atoms with E-state index in [1.165, 1.54) is 24.3 Å². The SMILES string of the molecule is CCCCOc1ccc(C(=O)NNC(=O)Cc2ccc(F)cc2)cc1OCC. The molecule has 0 aliphatic heterocycles. The summed E-state index contributed by atoms with van der Waals surface area (Å²) >= 11 is 0. The normalized spacial score (nSPS) is 10.2. The summed E-state index contributed by atoms with van der Waals surface area (Å²) in [6.45, 7) is 4.92. The number of rotatable bonds is 9. The zero-order chi connectivity index (χ0) is 20.4. The number of hydrogen-bond acceptors (Lipinski definition) is 4. The van der Waals surface area contributed by atoms with E-state index in [1.54, 1.807) is 18.2 Å². The Balaban J connectivity index is 1.94. The zero-order valence-electron chi connectivity index (χ0n) is 16.1. The molecule has 0 aliphatic carbocycles. The largest absolute Gasteiger partial charge is 0.490 e. The maximum absolute atomic E-state index is 12.9. The van der Waals surface area contributed by atoms with Gasteiger partial charge in [0.05, 0.1) is 19.6 Å². The van der Waals surface area contributed by atoms with Crippen LogP contribution >= 0.6 is 0 Å². The second-order valence-corrected chi connectivity index (χ2v) is 6.10. The molecule has 0 bridgehead atoms. The first-order valence-electron chi connectivity index (χ1n) is 9.26. The fourth-order valence-electron chi connectivity index (χ4n) is 2.39. The lowest BCUT2D eigenvalue weighted by Crippen LogP contribution is -2.42. The van der Waals surface area contributed by atoms with E-state index in [4.69, 9.17) is 9.47 Å². The van der Waals surface area contributed by atoms with Crippen molar-refractivity contribution in [2.24, 2.45) is 0 Å². The molecule has 0 saturated carbocycles. The Bertz CT molecular complexity index is 793. The molecule has 2 rings (SSSR count). The topological polar surface area (TPSA) is 76.7 Å². The molecule has 0 aliphatic rings. The average molecular weight is 388 g/mol. The Morgan fingerprint density at radius 3 is 2.39 bits per heavy atom. The molecule has 2 aromatic rings. The van der Waals surface area contributed by atoms with E-state index >= 15 is 0 Å². The summed E-state index contributed by atoms with van der Waals surface area (Å²) in [6.07, 6.45) is 1.96. The maximum Gasteiger partial charge on any atom is 0.269 e. The summed E-state index contributed by atoms with van der Waals surface area (Å²) in [5, 5.41) is 0. The van der Waals surface area contributed by atoms with Gasteiger partial charge >= 0.3 is 0 Å². The van der Waals surface area contributed by atoms with Gasteiger partial charge in [0.2, 0.25) is 5.91 Å². The van der Waals surface area contributed by atoms with E-state index in [9.17, 15) is 14.0 Å². The van der Waals surface area contributed by atoms with Crippen LogP contribution in [0.4, 0.5) is 4.39 Å². The fourth-order valence-corrected chi connectivity index (χ4v) is 2.39. The molecule has 2 N–H and O–H groups in total. The maximum atomic E-state index is 12.9. The number of halogens is 1. The van der Waals surface area contributed by atoms with Crippen LogP contribution in [0.2, 0.25) is 0 Å². The third kappa shape index (κ3) is 6.57. The van der Waals surface area contributed by atoms with Crippen LogP contribution in [0.1, 0.15) is 42.6 Å². The van der Waals surface area contributed by atoms with Crippen molar-refractivity contribution in [2.45, 2.75) is 33.1 Å². The Labute approximate surface area is 164 Å². The number of amides is 2. The van der Waals surface area contributed by atoms with Crippen LogP contribution in [-0.2, 0) is 11.2 Å². The van der Waals surface area contributed by atoms with Crippen LogP contribution in [0.25, 0.3) is 0 Å². The monoisotopic (exact) mass is 388 g/mol. The van der Waals surface area contributed by atoms with Crippen molar-refractivity contribution >= 4 is 11.8 Å². The molecule has 0 fully saturated rings. The second-order valence-electron chi connectivity index (χ2n) is 6.10. The molecule has 2 aromatic carbocycles. The Hall–Kier alpha value is -3.09. The van der Waals surface area contributed by atoms with Gasteiger partial charge in [-0.25, -0.2) is 4.39 Å². The first kappa shape index (κ1) is 21.2. The van der Waals surface area contributed by atoms with E-state index in [1.807, 2.05) is 6.92 Å². The lowest BCUT2D eigenvalue weighted by molar-refractivity contribution is -0.121. The number of hydrazine groups is 1. The minimum Gasteiger partial charge on any atom is -0.490 e. The summed E-state index contributed by atoms with van der Waals surface area (Å²) in [6, 6.07) is 10.4. The quantitative estimate of drug-likeness (QED) is 0.510. The smallest absolute Gasteiger partial charge is 0.269 e. The molecule has 0 unspecified atom stereocenters. The molecule has 0 radical (unpaired) electrons. The Morgan fingerprint density at radius 1 is 0.964 bits per heavy atom. The van der Waals surface area contributed by atoms with Crippen molar-refractivity contribution < 1.29 is 23.5 Å². The molecular weight excluding hydrogens is 363 g/mol. The number of hydrogen-bond donors (Lipinski definition) is 2. The lowest BCUT2D eigenvalue weighted by atomic mass is 10.1. The highest BCUT2D eigenvalue weighted by atomic mass is 19.1. The first-order valence-corrected chi connectivity index (χ1v) is 9.26. The van der Waals surface area contributed by atoms with Crippen LogP contribution in [0.5, 0.6) is 11.5 Å². The average Bonchev–Trinajstić information content (AvgIpc) is 2.69. The van der Waals surface area contributed by atoms with Gasteiger partial charge in [0.1, 0.15) is 5.82 Å². The molecule has 0 heterocycles. The lowest BCUT2D eigenvalue weighted by Gasteiger charge is -2.13. The highest BCUT2D eigenvalue weighted by molar-refractivity contribution is 5.96. The van der Waals surface area contributed by atoms with Gasteiger partial charge in [0, 0.05) is 5.56 Å². The molecule has 28 heavy (non-hydrogen) atoms. The third-order valence-electron chi connectivity index (χ3n) is 3.85. The minimum atomic E-state index is -0.478. The summed E-state index contributed by atoms with van der Waals surface area (Å²) in [5.74, 6) is -0.209. The molecule has 6 nitrogen and oxygen atoms in total. The van der Waals surface area contributed by atoms with Crippen molar-refractivity contribution in [1.29, 1.82) is 0 Å². The number of carbonyl (C=O) groups excluding carboxylic acids is 2. The summed E-state index contributed by atoms with van der Waals surface area (Å²) in [4.78, 5) is 24.2. The van der Waals surface area contributed by atoms with E-state index in [0.29, 0.717) is 35.8 Å². The van der Waals surface area contributed by atoms with Gasteiger partial charge in [-0.1, -0.05) is 25.5 Å². The summed E-state index contributed by atoms with van der Waals surface area (Å²) in [7, 11) is 0. The van der Waals surface area contributed by atoms with Gasteiger partial charge in [-0.3, -0.25) is 20.4 Å². The number of ether oxygens (including phenoxy) is 2. The first-order chi connectivity index (χ1) is 13.5. The van der Waals surface area contributed by atoms with Crippen molar-refractivity contribution in [1.82, 2.24) is 10.9 Å². The Morgan fingerprint density at radius 2 is 1.71 bits per heavy atom. The van der Waals surface area contributed by atoms with Gasteiger partial charge in [0.25, 0.3) is 5.91 Å². The van der Waals surface area contributed by atoms with E-state index < -0.39 is 11.8 Å². The molecule has 7 heteroatoms. The summed E-state index contributed by atoms with van der Waals surface area (Å²) in [5.41, 5.74) is 5.68. The molecule has 0 atom stereocenters. The highest BCUT2D eigenvalue weighted by Gasteiger charge is 2.13. The van der Waals surface area contributed by atoms with Crippen LogP contribution in [-0.4, -0.2) is 25.0 Å².